The fraction of sp³-hybridized carbons (Fsp3) is 0.348. The SMILES string of the molecule is C[C@H](NC(=O)c1ccc(C(C)(C)C)cc1)C(=O)OCC(=O)N(C)c1ccccc1. The van der Waals surface area contributed by atoms with Crippen LogP contribution in [0.25, 0.3) is 0 Å². The third-order valence-corrected chi connectivity index (χ3v) is 4.57. The van der Waals surface area contributed by atoms with E-state index in [1.165, 1.54) is 11.8 Å². The second-order valence-electron chi connectivity index (χ2n) is 7.92. The summed E-state index contributed by atoms with van der Waals surface area (Å²) in [4.78, 5) is 38.1. The first-order chi connectivity index (χ1) is 13.6. The van der Waals surface area contributed by atoms with Gasteiger partial charge in [-0.25, -0.2) is 4.79 Å². The number of benzene rings is 2. The Labute approximate surface area is 171 Å². The van der Waals surface area contributed by atoms with Gasteiger partial charge in [-0.1, -0.05) is 51.1 Å². The Balaban J connectivity index is 1.86. The highest BCUT2D eigenvalue weighted by molar-refractivity contribution is 5.97. The molecule has 0 aliphatic heterocycles. The predicted octanol–water partition coefficient (Wildman–Crippen LogP) is 3.31. The first kappa shape index (κ1) is 22.1. The van der Waals surface area contributed by atoms with Gasteiger partial charge in [0.05, 0.1) is 0 Å². The smallest absolute Gasteiger partial charge is 0.328 e. The highest BCUT2D eigenvalue weighted by atomic mass is 16.5. The summed E-state index contributed by atoms with van der Waals surface area (Å²) in [5.41, 5.74) is 2.26. The van der Waals surface area contributed by atoms with Crippen LogP contribution in [0, 0.1) is 0 Å². The molecule has 0 aliphatic rings. The molecule has 0 bridgehead atoms. The van der Waals surface area contributed by atoms with E-state index in [0.717, 1.165) is 5.56 Å². The molecule has 6 nitrogen and oxygen atoms in total. The number of amides is 2. The number of hydrogen-bond donors (Lipinski definition) is 1. The zero-order valence-electron chi connectivity index (χ0n) is 17.6. The second-order valence-corrected chi connectivity index (χ2v) is 7.92. The molecule has 0 aliphatic carbocycles. The summed E-state index contributed by atoms with van der Waals surface area (Å²) >= 11 is 0. The predicted molar refractivity (Wildman–Crippen MR) is 113 cm³/mol. The minimum atomic E-state index is -0.875. The van der Waals surface area contributed by atoms with Crippen molar-refractivity contribution in [2.75, 3.05) is 18.6 Å². The molecule has 0 spiro atoms. The van der Waals surface area contributed by atoms with Crippen LogP contribution in [0.4, 0.5) is 5.69 Å². The molecule has 0 heterocycles. The zero-order chi connectivity index (χ0) is 21.6. The molecule has 0 saturated carbocycles. The molecule has 6 heteroatoms. The van der Waals surface area contributed by atoms with E-state index in [9.17, 15) is 14.4 Å². The van der Waals surface area contributed by atoms with Gasteiger partial charge >= 0.3 is 5.97 Å². The lowest BCUT2D eigenvalue weighted by molar-refractivity contribution is -0.149. The fourth-order valence-electron chi connectivity index (χ4n) is 2.61. The average molecular weight is 396 g/mol. The molecule has 2 aromatic carbocycles. The Morgan fingerprint density at radius 3 is 2.14 bits per heavy atom. The van der Waals surface area contributed by atoms with Crippen molar-refractivity contribution in [1.29, 1.82) is 0 Å². The molecular weight excluding hydrogens is 368 g/mol. The highest BCUT2D eigenvalue weighted by Crippen LogP contribution is 2.22. The summed E-state index contributed by atoms with van der Waals surface area (Å²) in [7, 11) is 1.61. The maximum atomic E-state index is 12.4. The Morgan fingerprint density at radius 1 is 1.00 bits per heavy atom. The van der Waals surface area contributed by atoms with E-state index in [2.05, 4.69) is 26.1 Å². The average Bonchev–Trinajstić information content (AvgIpc) is 2.71. The highest BCUT2D eigenvalue weighted by Gasteiger charge is 2.21. The lowest BCUT2D eigenvalue weighted by atomic mass is 9.86. The number of anilines is 1. The van der Waals surface area contributed by atoms with Crippen LogP contribution in [0.15, 0.2) is 54.6 Å². The number of ether oxygens (including phenoxy) is 1. The number of carbonyl (C=O) groups excluding carboxylic acids is 3. The van der Waals surface area contributed by atoms with Gasteiger partial charge in [0.1, 0.15) is 6.04 Å². The van der Waals surface area contributed by atoms with Crippen molar-refractivity contribution in [2.45, 2.75) is 39.2 Å². The molecule has 2 rings (SSSR count). The topological polar surface area (TPSA) is 75.7 Å². The van der Waals surface area contributed by atoms with Crippen LogP contribution in [-0.4, -0.2) is 37.5 Å². The number of para-hydroxylation sites is 1. The van der Waals surface area contributed by atoms with Gasteiger partial charge in [0.25, 0.3) is 11.8 Å². The Bertz CT molecular complexity index is 855. The van der Waals surface area contributed by atoms with E-state index in [-0.39, 0.29) is 17.2 Å². The number of esters is 1. The molecule has 154 valence electrons. The van der Waals surface area contributed by atoms with Gasteiger partial charge in [0.15, 0.2) is 6.61 Å². The first-order valence-electron chi connectivity index (χ1n) is 9.49. The van der Waals surface area contributed by atoms with Crippen molar-refractivity contribution in [1.82, 2.24) is 5.32 Å². The van der Waals surface area contributed by atoms with Crippen molar-refractivity contribution in [2.24, 2.45) is 0 Å². The summed E-state index contributed by atoms with van der Waals surface area (Å²) in [6.07, 6.45) is 0. The fourth-order valence-corrected chi connectivity index (χ4v) is 2.61. The summed E-state index contributed by atoms with van der Waals surface area (Å²) < 4.78 is 5.06. The Kier molecular flexibility index (Phi) is 7.15. The third-order valence-electron chi connectivity index (χ3n) is 4.57. The van der Waals surface area contributed by atoms with Crippen LogP contribution in [0.2, 0.25) is 0 Å². The summed E-state index contributed by atoms with van der Waals surface area (Å²) in [6, 6.07) is 15.4. The molecule has 0 fully saturated rings. The molecule has 0 aromatic heterocycles. The molecule has 0 saturated heterocycles. The maximum Gasteiger partial charge on any atom is 0.328 e. The number of likely N-dealkylation sites (N-methyl/N-ethyl adjacent to an activating group) is 1. The summed E-state index contributed by atoms with van der Waals surface area (Å²) in [5, 5.41) is 2.60. The van der Waals surface area contributed by atoms with E-state index in [0.29, 0.717) is 11.3 Å². The molecule has 2 amide bonds. The number of nitrogens with one attached hydrogen (secondary N) is 1. The van der Waals surface area contributed by atoms with Crippen LogP contribution in [0.1, 0.15) is 43.6 Å². The lowest BCUT2D eigenvalue weighted by Crippen LogP contribution is -2.41. The van der Waals surface area contributed by atoms with Gasteiger partial charge in [-0.05, 0) is 42.2 Å². The van der Waals surface area contributed by atoms with Crippen LogP contribution in [0.5, 0.6) is 0 Å². The minimum Gasteiger partial charge on any atom is -0.454 e. The van der Waals surface area contributed by atoms with Gasteiger partial charge in [-0.2, -0.15) is 0 Å². The van der Waals surface area contributed by atoms with Crippen molar-refractivity contribution in [3.05, 3.63) is 65.7 Å². The molecular formula is C23H28N2O4. The van der Waals surface area contributed by atoms with Gasteiger partial charge in [0.2, 0.25) is 0 Å². The number of carbonyl (C=O) groups is 3. The maximum absolute atomic E-state index is 12.4. The Morgan fingerprint density at radius 2 is 1.59 bits per heavy atom. The van der Waals surface area contributed by atoms with E-state index >= 15 is 0 Å². The van der Waals surface area contributed by atoms with Crippen molar-refractivity contribution >= 4 is 23.5 Å². The van der Waals surface area contributed by atoms with E-state index in [4.69, 9.17) is 4.74 Å². The number of nitrogens with zero attached hydrogens (tertiary/aromatic N) is 1. The van der Waals surface area contributed by atoms with E-state index < -0.39 is 18.6 Å². The largest absolute Gasteiger partial charge is 0.454 e. The van der Waals surface area contributed by atoms with Gasteiger partial charge < -0.3 is 15.0 Å². The molecule has 1 atom stereocenters. The normalized spacial score (nSPS) is 12.0. The number of hydrogen-bond acceptors (Lipinski definition) is 4. The van der Waals surface area contributed by atoms with Crippen LogP contribution < -0.4 is 10.2 Å². The first-order valence-corrected chi connectivity index (χ1v) is 9.49. The van der Waals surface area contributed by atoms with E-state index in [1.807, 2.05) is 30.3 Å². The van der Waals surface area contributed by atoms with Crippen LogP contribution in [-0.2, 0) is 19.7 Å². The number of rotatable bonds is 6. The van der Waals surface area contributed by atoms with Crippen molar-refractivity contribution in [3.8, 4) is 0 Å². The molecule has 2 aromatic rings. The quantitative estimate of drug-likeness (QED) is 0.760. The minimum absolute atomic E-state index is 0.00838. The molecule has 1 N–H and O–H groups in total. The zero-order valence-corrected chi connectivity index (χ0v) is 17.6. The molecule has 29 heavy (non-hydrogen) atoms. The Hall–Kier alpha value is -3.15. The van der Waals surface area contributed by atoms with Gasteiger partial charge in [-0.15, -0.1) is 0 Å². The second kappa shape index (κ2) is 9.37. The van der Waals surface area contributed by atoms with Gasteiger partial charge in [0, 0.05) is 18.3 Å². The molecule has 0 unspecified atom stereocenters. The summed E-state index contributed by atoms with van der Waals surface area (Å²) in [6.45, 7) is 7.41. The summed E-state index contributed by atoms with van der Waals surface area (Å²) in [5.74, 6) is -1.40. The van der Waals surface area contributed by atoms with Crippen LogP contribution in [0.3, 0.4) is 0 Å². The van der Waals surface area contributed by atoms with Crippen molar-refractivity contribution < 1.29 is 19.1 Å². The monoisotopic (exact) mass is 396 g/mol. The standard InChI is InChI=1S/C23H28N2O4/c1-16(24-21(27)17-11-13-18(14-12-17)23(2,3)4)22(28)29-15-20(26)25(5)19-9-7-6-8-10-19/h6-14,16H,15H2,1-5H3,(H,24,27)/t16-/m0/s1. The van der Waals surface area contributed by atoms with Gasteiger partial charge in [-0.3, -0.25) is 9.59 Å². The molecule has 0 radical (unpaired) electrons. The van der Waals surface area contributed by atoms with E-state index in [1.54, 1.807) is 31.3 Å². The lowest BCUT2D eigenvalue weighted by Gasteiger charge is -2.19. The van der Waals surface area contributed by atoms with Crippen LogP contribution >= 0.6 is 0 Å². The van der Waals surface area contributed by atoms with Crippen molar-refractivity contribution in [3.63, 3.8) is 0 Å². The third kappa shape index (κ3) is 6.17.